The Morgan fingerprint density at radius 3 is 2.42 bits per heavy atom. The number of carbonyl (C=O) groups excluding carboxylic acids is 1. The molecule has 0 heterocycles. The molecular formula is C17H14BrF4NO3. The van der Waals surface area contributed by atoms with E-state index in [-0.39, 0.29) is 23.3 Å². The number of aliphatic hydroxyl groups is 1. The average molecular weight is 436 g/mol. The second-order valence-corrected chi connectivity index (χ2v) is 6.22. The van der Waals surface area contributed by atoms with Gasteiger partial charge in [-0.3, -0.25) is 4.79 Å². The molecule has 140 valence electrons. The predicted molar refractivity (Wildman–Crippen MR) is 88.9 cm³/mol. The minimum absolute atomic E-state index is 0.00996. The molecule has 4 nitrogen and oxygen atoms in total. The number of carbonyl (C=O) groups is 1. The van der Waals surface area contributed by atoms with E-state index in [0.717, 1.165) is 12.1 Å². The second-order valence-electron chi connectivity index (χ2n) is 5.36. The molecule has 1 unspecified atom stereocenters. The van der Waals surface area contributed by atoms with E-state index in [1.807, 2.05) is 0 Å². The van der Waals surface area contributed by atoms with Crippen molar-refractivity contribution in [1.82, 2.24) is 5.32 Å². The molecule has 2 rings (SSSR count). The number of amides is 1. The number of ether oxygens (including phenoxy) is 1. The highest BCUT2D eigenvalue weighted by atomic mass is 79.9. The number of hydrogen-bond acceptors (Lipinski definition) is 3. The van der Waals surface area contributed by atoms with E-state index < -0.39 is 24.0 Å². The number of rotatable bonds is 6. The van der Waals surface area contributed by atoms with Crippen LogP contribution in [-0.2, 0) is 11.2 Å². The van der Waals surface area contributed by atoms with Gasteiger partial charge in [0.1, 0.15) is 11.6 Å². The Hall–Kier alpha value is -2.13. The third-order valence-electron chi connectivity index (χ3n) is 3.34. The fourth-order valence-electron chi connectivity index (χ4n) is 2.12. The standard InChI is InChI=1S/C17H14BrF4NO3/c18-13-7-10(1-6-14(13)19)8-16(25)23-9-15(24)11-2-4-12(5-3-11)26-17(20,21)22/h1-7,15,24H,8-9H2,(H,23,25). The van der Waals surface area contributed by atoms with E-state index in [0.29, 0.717) is 11.1 Å². The van der Waals surface area contributed by atoms with Crippen LogP contribution in [0.1, 0.15) is 17.2 Å². The van der Waals surface area contributed by atoms with Gasteiger partial charge in [0.25, 0.3) is 0 Å². The van der Waals surface area contributed by atoms with Crippen LogP contribution in [0.2, 0.25) is 0 Å². The van der Waals surface area contributed by atoms with E-state index in [2.05, 4.69) is 26.0 Å². The van der Waals surface area contributed by atoms with Crippen molar-refractivity contribution in [2.24, 2.45) is 0 Å². The zero-order chi connectivity index (χ0) is 19.3. The third kappa shape index (κ3) is 6.30. The van der Waals surface area contributed by atoms with Crippen LogP contribution in [0.4, 0.5) is 17.6 Å². The topological polar surface area (TPSA) is 58.6 Å². The normalized spacial score (nSPS) is 12.5. The second kappa shape index (κ2) is 8.50. The average Bonchev–Trinajstić information content (AvgIpc) is 2.55. The number of halogens is 5. The molecule has 0 saturated carbocycles. The first-order valence-electron chi connectivity index (χ1n) is 7.38. The van der Waals surface area contributed by atoms with Crippen molar-refractivity contribution in [2.75, 3.05) is 6.54 Å². The van der Waals surface area contributed by atoms with Crippen LogP contribution in [0.25, 0.3) is 0 Å². The number of alkyl halides is 3. The van der Waals surface area contributed by atoms with Gasteiger partial charge >= 0.3 is 6.36 Å². The summed E-state index contributed by atoms with van der Waals surface area (Å²) in [6.07, 6.45) is -5.90. The fraction of sp³-hybridized carbons (Fsp3) is 0.235. The molecule has 0 radical (unpaired) electrons. The van der Waals surface area contributed by atoms with E-state index in [9.17, 15) is 27.5 Å². The van der Waals surface area contributed by atoms with Gasteiger partial charge in [-0.15, -0.1) is 13.2 Å². The van der Waals surface area contributed by atoms with Gasteiger partial charge in [0.2, 0.25) is 5.91 Å². The van der Waals surface area contributed by atoms with Gasteiger partial charge in [-0.1, -0.05) is 18.2 Å². The first kappa shape index (κ1) is 20.2. The third-order valence-corrected chi connectivity index (χ3v) is 3.95. The summed E-state index contributed by atoms with van der Waals surface area (Å²) < 4.78 is 53.4. The van der Waals surface area contributed by atoms with Gasteiger partial charge in [-0.05, 0) is 51.3 Å². The van der Waals surface area contributed by atoms with Gasteiger partial charge in [-0.25, -0.2) is 4.39 Å². The van der Waals surface area contributed by atoms with Crippen molar-refractivity contribution >= 4 is 21.8 Å². The molecule has 2 N–H and O–H groups in total. The molecule has 2 aromatic carbocycles. The Morgan fingerprint density at radius 1 is 1.19 bits per heavy atom. The van der Waals surface area contributed by atoms with Gasteiger partial charge in [0.15, 0.2) is 0 Å². The maximum absolute atomic E-state index is 13.1. The zero-order valence-corrected chi connectivity index (χ0v) is 14.8. The lowest BCUT2D eigenvalue weighted by Crippen LogP contribution is -2.29. The number of hydrogen-bond donors (Lipinski definition) is 2. The Morgan fingerprint density at radius 2 is 1.85 bits per heavy atom. The lowest BCUT2D eigenvalue weighted by atomic mass is 10.1. The molecule has 2 aromatic rings. The smallest absolute Gasteiger partial charge is 0.406 e. The van der Waals surface area contributed by atoms with Gasteiger partial charge < -0.3 is 15.2 Å². The summed E-state index contributed by atoms with van der Waals surface area (Å²) in [4.78, 5) is 11.9. The van der Waals surface area contributed by atoms with E-state index in [4.69, 9.17) is 0 Å². The minimum atomic E-state index is -4.79. The zero-order valence-electron chi connectivity index (χ0n) is 13.2. The minimum Gasteiger partial charge on any atom is -0.406 e. The van der Waals surface area contributed by atoms with Crippen molar-refractivity contribution in [3.05, 3.63) is 63.9 Å². The van der Waals surface area contributed by atoms with Gasteiger partial charge in [0.05, 0.1) is 17.0 Å². The Labute approximate surface area is 154 Å². The van der Waals surface area contributed by atoms with Gasteiger partial charge in [0, 0.05) is 6.54 Å². The first-order valence-corrected chi connectivity index (χ1v) is 8.18. The highest BCUT2D eigenvalue weighted by molar-refractivity contribution is 9.10. The van der Waals surface area contributed by atoms with E-state index in [1.54, 1.807) is 0 Å². The van der Waals surface area contributed by atoms with Crippen LogP contribution in [0.15, 0.2) is 46.9 Å². The molecule has 0 bridgehead atoms. The monoisotopic (exact) mass is 435 g/mol. The molecule has 0 spiro atoms. The van der Waals surface area contributed by atoms with E-state index in [1.165, 1.54) is 30.3 Å². The molecule has 0 aliphatic rings. The highest BCUT2D eigenvalue weighted by Gasteiger charge is 2.31. The Kier molecular flexibility index (Phi) is 6.60. The molecule has 1 atom stereocenters. The molecule has 0 fully saturated rings. The maximum atomic E-state index is 13.1. The van der Waals surface area contributed by atoms with Crippen molar-refractivity contribution in [2.45, 2.75) is 18.9 Å². The SMILES string of the molecule is O=C(Cc1ccc(F)c(Br)c1)NCC(O)c1ccc(OC(F)(F)F)cc1. The highest BCUT2D eigenvalue weighted by Crippen LogP contribution is 2.24. The maximum Gasteiger partial charge on any atom is 0.573 e. The van der Waals surface area contributed by atoms with Crippen LogP contribution < -0.4 is 10.1 Å². The quantitative estimate of drug-likeness (QED) is 0.676. The summed E-state index contributed by atoms with van der Waals surface area (Å²) in [6, 6.07) is 8.87. The lowest BCUT2D eigenvalue weighted by molar-refractivity contribution is -0.274. The van der Waals surface area contributed by atoms with Crippen LogP contribution in [0.5, 0.6) is 5.75 Å². The predicted octanol–water partition coefficient (Wildman–Crippen LogP) is 3.88. The van der Waals surface area contributed by atoms with Crippen LogP contribution >= 0.6 is 15.9 Å². The summed E-state index contributed by atoms with van der Waals surface area (Å²) >= 11 is 3.03. The Bertz CT molecular complexity index is 766. The van der Waals surface area contributed by atoms with Gasteiger partial charge in [-0.2, -0.15) is 0 Å². The first-order chi connectivity index (χ1) is 12.1. The largest absolute Gasteiger partial charge is 0.573 e. The van der Waals surface area contributed by atoms with Crippen molar-refractivity contribution < 1.29 is 32.2 Å². The van der Waals surface area contributed by atoms with Crippen molar-refractivity contribution in [1.29, 1.82) is 0 Å². The molecule has 26 heavy (non-hydrogen) atoms. The lowest BCUT2D eigenvalue weighted by Gasteiger charge is -2.14. The summed E-state index contributed by atoms with van der Waals surface area (Å²) in [5, 5.41) is 12.5. The Balaban J connectivity index is 1.86. The summed E-state index contributed by atoms with van der Waals surface area (Å²) in [7, 11) is 0. The summed E-state index contributed by atoms with van der Waals surface area (Å²) in [6.45, 7) is -0.124. The molecule has 0 saturated heterocycles. The number of nitrogens with one attached hydrogen (secondary N) is 1. The van der Waals surface area contributed by atoms with Crippen molar-refractivity contribution in [3.8, 4) is 5.75 Å². The molecular weight excluding hydrogens is 422 g/mol. The van der Waals surface area contributed by atoms with Crippen molar-refractivity contribution in [3.63, 3.8) is 0 Å². The molecule has 0 aliphatic carbocycles. The van der Waals surface area contributed by atoms with Crippen LogP contribution in [0, 0.1) is 5.82 Å². The van der Waals surface area contributed by atoms with Crippen LogP contribution in [0.3, 0.4) is 0 Å². The molecule has 9 heteroatoms. The number of aliphatic hydroxyl groups excluding tert-OH is 1. The molecule has 1 amide bonds. The molecule has 0 aromatic heterocycles. The number of benzene rings is 2. The van der Waals surface area contributed by atoms with Crippen LogP contribution in [-0.4, -0.2) is 23.9 Å². The summed E-state index contributed by atoms with van der Waals surface area (Å²) in [5.74, 6) is -1.23. The molecule has 0 aliphatic heterocycles. The van der Waals surface area contributed by atoms with E-state index >= 15 is 0 Å². The summed E-state index contributed by atoms with van der Waals surface area (Å²) in [5.41, 5.74) is 0.906. The fourth-order valence-corrected chi connectivity index (χ4v) is 2.54.